The van der Waals surface area contributed by atoms with Crippen LogP contribution in [0.4, 0.5) is 17.6 Å². The van der Waals surface area contributed by atoms with Crippen molar-refractivity contribution in [2.45, 2.75) is 24.6 Å². The van der Waals surface area contributed by atoms with Crippen LogP contribution in [0.2, 0.25) is 0 Å². The number of piperidine rings is 1. The minimum absolute atomic E-state index is 0.0351. The van der Waals surface area contributed by atoms with E-state index in [0.717, 1.165) is 50.3 Å². The first kappa shape index (κ1) is 22.7. The predicted molar refractivity (Wildman–Crippen MR) is 114 cm³/mol. The summed E-state index contributed by atoms with van der Waals surface area (Å²) in [5.74, 6) is -1.59. The Morgan fingerprint density at radius 3 is 2.31 bits per heavy atom. The zero-order valence-electron chi connectivity index (χ0n) is 18.0. The van der Waals surface area contributed by atoms with Crippen molar-refractivity contribution in [1.82, 2.24) is 14.7 Å². The second kappa shape index (κ2) is 9.19. The first-order valence-electron chi connectivity index (χ1n) is 10.9. The summed E-state index contributed by atoms with van der Waals surface area (Å²) >= 11 is 0. The highest BCUT2D eigenvalue weighted by Crippen LogP contribution is 2.34. The van der Waals surface area contributed by atoms with Gasteiger partial charge in [0.1, 0.15) is 5.82 Å². The van der Waals surface area contributed by atoms with Gasteiger partial charge in [-0.3, -0.25) is 9.69 Å². The van der Waals surface area contributed by atoms with E-state index in [4.69, 9.17) is 0 Å². The Morgan fingerprint density at radius 2 is 1.66 bits per heavy atom. The van der Waals surface area contributed by atoms with Gasteiger partial charge in [0.25, 0.3) is 5.91 Å². The summed E-state index contributed by atoms with van der Waals surface area (Å²) in [6.07, 6.45) is -3.99. The molecule has 32 heavy (non-hydrogen) atoms. The van der Waals surface area contributed by atoms with E-state index in [0.29, 0.717) is 19.2 Å². The molecule has 4 rings (SSSR count). The van der Waals surface area contributed by atoms with Gasteiger partial charge in [-0.15, -0.1) is 0 Å². The van der Waals surface area contributed by atoms with E-state index in [1.165, 1.54) is 0 Å². The number of rotatable bonds is 3. The zero-order chi connectivity index (χ0) is 22.9. The molecule has 172 valence electrons. The number of nitrogens with zero attached hydrogens (tertiary/aromatic N) is 3. The maximum Gasteiger partial charge on any atom is 0.416 e. The van der Waals surface area contributed by atoms with Gasteiger partial charge in [-0.05, 0) is 37.2 Å². The van der Waals surface area contributed by atoms with Gasteiger partial charge in [0, 0.05) is 56.8 Å². The number of likely N-dealkylation sites (tertiary alicyclic amines) is 1. The number of likely N-dealkylation sites (N-methyl/N-ethyl adjacent to an activating group) is 1. The Balaban J connectivity index is 1.58. The highest BCUT2D eigenvalue weighted by molar-refractivity contribution is 5.94. The Morgan fingerprint density at radius 1 is 0.969 bits per heavy atom. The Labute approximate surface area is 185 Å². The van der Waals surface area contributed by atoms with Gasteiger partial charge in [0.2, 0.25) is 0 Å². The van der Waals surface area contributed by atoms with Crippen LogP contribution in [0.3, 0.4) is 0 Å². The van der Waals surface area contributed by atoms with E-state index >= 15 is 0 Å². The van der Waals surface area contributed by atoms with E-state index in [1.807, 2.05) is 30.3 Å². The molecule has 0 aliphatic carbocycles. The van der Waals surface area contributed by atoms with Gasteiger partial charge < -0.3 is 9.80 Å². The summed E-state index contributed by atoms with van der Waals surface area (Å²) in [5, 5.41) is 0. The van der Waals surface area contributed by atoms with E-state index in [-0.39, 0.29) is 17.5 Å². The number of alkyl halides is 3. The number of piperazine rings is 1. The third kappa shape index (κ3) is 4.96. The van der Waals surface area contributed by atoms with Crippen LogP contribution in [0.1, 0.15) is 33.8 Å². The predicted octanol–water partition coefficient (Wildman–Crippen LogP) is 4.09. The molecule has 2 aliphatic rings. The number of hydrogen-bond acceptors (Lipinski definition) is 3. The standard InChI is InChI=1S/C24H27F4N3O/c1-29-9-11-30(12-10-29)22-7-8-31(16-21(22)17-5-3-2-4-6-17)23(32)18-13-19(24(26,27)28)15-20(25)14-18/h2-6,13-15,21-22H,7-12,16H2,1H3/t21-,22-/m1/s1. The summed E-state index contributed by atoms with van der Waals surface area (Å²) in [6.45, 7) is 4.65. The lowest BCUT2D eigenvalue weighted by Crippen LogP contribution is -2.56. The summed E-state index contributed by atoms with van der Waals surface area (Å²) in [6, 6.07) is 12.2. The van der Waals surface area contributed by atoms with E-state index in [1.54, 1.807) is 4.90 Å². The van der Waals surface area contributed by atoms with Crippen molar-refractivity contribution < 1.29 is 22.4 Å². The van der Waals surface area contributed by atoms with Crippen molar-refractivity contribution in [3.63, 3.8) is 0 Å². The van der Waals surface area contributed by atoms with Crippen molar-refractivity contribution in [2.24, 2.45) is 0 Å². The van der Waals surface area contributed by atoms with Crippen LogP contribution in [-0.2, 0) is 6.18 Å². The quantitative estimate of drug-likeness (QED) is 0.661. The average molecular weight is 449 g/mol. The molecule has 2 aromatic rings. The molecule has 0 spiro atoms. The average Bonchev–Trinajstić information content (AvgIpc) is 2.78. The van der Waals surface area contributed by atoms with Crippen molar-refractivity contribution in [1.29, 1.82) is 0 Å². The minimum atomic E-state index is -4.71. The number of benzene rings is 2. The van der Waals surface area contributed by atoms with Crippen molar-refractivity contribution in [2.75, 3.05) is 46.3 Å². The summed E-state index contributed by atoms with van der Waals surface area (Å²) in [7, 11) is 2.10. The Bertz CT molecular complexity index is 942. The van der Waals surface area contributed by atoms with Gasteiger partial charge in [0.15, 0.2) is 0 Å². The Kier molecular flexibility index (Phi) is 6.53. The second-order valence-electron chi connectivity index (χ2n) is 8.69. The maximum atomic E-state index is 13.9. The summed E-state index contributed by atoms with van der Waals surface area (Å²) < 4.78 is 53.2. The van der Waals surface area contributed by atoms with E-state index in [9.17, 15) is 22.4 Å². The zero-order valence-corrected chi connectivity index (χ0v) is 18.0. The highest BCUT2D eigenvalue weighted by Gasteiger charge is 2.38. The number of carbonyl (C=O) groups excluding carboxylic acids is 1. The second-order valence-corrected chi connectivity index (χ2v) is 8.69. The van der Waals surface area contributed by atoms with Gasteiger partial charge >= 0.3 is 6.18 Å². The first-order chi connectivity index (χ1) is 15.2. The van der Waals surface area contributed by atoms with Crippen molar-refractivity contribution in [3.8, 4) is 0 Å². The molecule has 2 aliphatic heterocycles. The Hall–Kier alpha value is -2.45. The lowest BCUT2D eigenvalue weighted by Gasteiger charge is -2.46. The lowest BCUT2D eigenvalue weighted by atomic mass is 9.84. The molecule has 1 amide bonds. The van der Waals surface area contributed by atoms with Crippen molar-refractivity contribution >= 4 is 5.91 Å². The molecular weight excluding hydrogens is 422 g/mol. The molecule has 0 bridgehead atoms. The summed E-state index contributed by atoms with van der Waals surface area (Å²) in [4.78, 5) is 19.4. The summed E-state index contributed by atoms with van der Waals surface area (Å²) in [5.41, 5.74) is -0.306. The number of amides is 1. The molecule has 0 unspecified atom stereocenters. The lowest BCUT2D eigenvalue weighted by molar-refractivity contribution is -0.137. The molecule has 0 N–H and O–H groups in total. The molecule has 2 atom stereocenters. The molecule has 0 radical (unpaired) electrons. The van der Waals surface area contributed by atoms with Gasteiger partial charge in [0.05, 0.1) is 5.56 Å². The van der Waals surface area contributed by atoms with Crippen LogP contribution in [-0.4, -0.2) is 73.0 Å². The molecular formula is C24H27F4N3O. The largest absolute Gasteiger partial charge is 0.416 e. The third-order valence-corrected chi connectivity index (χ3v) is 6.57. The van der Waals surface area contributed by atoms with Crippen LogP contribution in [0.5, 0.6) is 0 Å². The molecule has 0 saturated carbocycles. The van der Waals surface area contributed by atoms with E-state index in [2.05, 4.69) is 16.8 Å². The van der Waals surface area contributed by atoms with Gasteiger partial charge in [-0.1, -0.05) is 30.3 Å². The first-order valence-corrected chi connectivity index (χ1v) is 10.9. The fraction of sp³-hybridized carbons (Fsp3) is 0.458. The monoisotopic (exact) mass is 449 g/mol. The molecule has 2 fully saturated rings. The van der Waals surface area contributed by atoms with Crippen LogP contribution in [0, 0.1) is 5.82 Å². The fourth-order valence-corrected chi connectivity index (χ4v) is 4.80. The topological polar surface area (TPSA) is 26.8 Å². The molecule has 2 aromatic carbocycles. The molecule has 0 aromatic heterocycles. The third-order valence-electron chi connectivity index (χ3n) is 6.57. The van der Waals surface area contributed by atoms with Crippen LogP contribution < -0.4 is 0 Å². The fourth-order valence-electron chi connectivity index (χ4n) is 4.80. The smallest absolute Gasteiger partial charge is 0.338 e. The highest BCUT2D eigenvalue weighted by atomic mass is 19.4. The number of hydrogen-bond donors (Lipinski definition) is 0. The number of carbonyl (C=O) groups is 1. The minimum Gasteiger partial charge on any atom is -0.338 e. The molecule has 2 heterocycles. The molecule has 8 heteroatoms. The maximum absolute atomic E-state index is 13.9. The van der Waals surface area contributed by atoms with Gasteiger partial charge in [-0.2, -0.15) is 13.2 Å². The van der Waals surface area contributed by atoms with E-state index < -0.39 is 23.5 Å². The van der Waals surface area contributed by atoms with Crippen LogP contribution >= 0.6 is 0 Å². The SMILES string of the molecule is CN1CCN([C@@H]2CCN(C(=O)c3cc(F)cc(C(F)(F)F)c3)C[C@@H]2c2ccccc2)CC1. The van der Waals surface area contributed by atoms with Crippen LogP contribution in [0.25, 0.3) is 0 Å². The van der Waals surface area contributed by atoms with Crippen molar-refractivity contribution in [3.05, 3.63) is 71.0 Å². The normalized spacial score (nSPS) is 23.3. The molecule has 2 saturated heterocycles. The number of halogens is 4. The molecule has 4 nitrogen and oxygen atoms in total. The van der Waals surface area contributed by atoms with Crippen LogP contribution in [0.15, 0.2) is 48.5 Å². The van der Waals surface area contributed by atoms with Gasteiger partial charge in [-0.25, -0.2) is 4.39 Å².